The van der Waals surface area contributed by atoms with Gasteiger partial charge >= 0.3 is 17.9 Å². The molecule has 6 heteroatoms. The van der Waals surface area contributed by atoms with Crippen molar-refractivity contribution in [1.82, 2.24) is 0 Å². The first-order chi connectivity index (χ1) is 11.0. The molecule has 0 saturated heterocycles. The number of hydrogen-bond donors (Lipinski definition) is 1. The number of carbonyl (C=O) groups is 3. The largest absolute Gasteiger partial charge is 0.478 e. The van der Waals surface area contributed by atoms with Gasteiger partial charge in [0, 0.05) is 0 Å². The van der Waals surface area contributed by atoms with Crippen molar-refractivity contribution in [2.45, 2.75) is 39.5 Å². The minimum atomic E-state index is -1.30. The minimum Gasteiger partial charge on any atom is -0.478 e. The fraction of sp³-hybridized carbons (Fsp3) is 0.471. The van der Waals surface area contributed by atoms with Crippen LogP contribution in [0.3, 0.4) is 0 Å². The summed E-state index contributed by atoms with van der Waals surface area (Å²) in [7, 11) is 0. The SMILES string of the molecule is CCCCCCOC(=O)c1ccc(C(=O)OCC)c(C(=O)O)c1. The maximum Gasteiger partial charge on any atom is 0.338 e. The Bertz CT molecular complexity index is 564. The number of rotatable bonds is 9. The van der Waals surface area contributed by atoms with Gasteiger partial charge in [-0.05, 0) is 31.5 Å². The second-order valence-corrected chi connectivity index (χ2v) is 4.98. The fourth-order valence-electron chi connectivity index (χ4n) is 2.01. The molecule has 1 N–H and O–H groups in total. The molecule has 0 amide bonds. The van der Waals surface area contributed by atoms with Crippen LogP contribution in [0, 0.1) is 0 Å². The molecule has 0 atom stereocenters. The smallest absolute Gasteiger partial charge is 0.338 e. The fourth-order valence-corrected chi connectivity index (χ4v) is 2.01. The molecule has 0 fully saturated rings. The molecule has 0 aliphatic carbocycles. The van der Waals surface area contributed by atoms with E-state index in [0.717, 1.165) is 31.7 Å². The Balaban J connectivity index is 2.80. The minimum absolute atomic E-state index is 0.0844. The standard InChI is InChI=1S/C17H22O6/c1-3-5-6-7-10-23-16(20)12-8-9-13(17(21)22-4-2)14(11-12)15(18)19/h8-9,11H,3-7,10H2,1-2H3,(H,18,19). The zero-order valence-electron chi connectivity index (χ0n) is 13.5. The third-order valence-corrected chi connectivity index (χ3v) is 3.21. The van der Waals surface area contributed by atoms with E-state index in [9.17, 15) is 19.5 Å². The average molecular weight is 322 g/mol. The van der Waals surface area contributed by atoms with Crippen LogP contribution in [0.1, 0.15) is 70.6 Å². The molecular formula is C17H22O6. The van der Waals surface area contributed by atoms with Gasteiger partial charge in [0.05, 0.1) is 29.9 Å². The zero-order chi connectivity index (χ0) is 17.2. The first kappa shape index (κ1) is 18.7. The van der Waals surface area contributed by atoms with Gasteiger partial charge in [-0.3, -0.25) is 0 Å². The zero-order valence-corrected chi connectivity index (χ0v) is 13.5. The molecular weight excluding hydrogens is 300 g/mol. The average Bonchev–Trinajstić information content (AvgIpc) is 2.54. The van der Waals surface area contributed by atoms with Gasteiger partial charge in [0.1, 0.15) is 0 Å². The Morgan fingerprint density at radius 1 is 0.957 bits per heavy atom. The monoisotopic (exact) mass is 322 g/mol. The highest BCUT2D eigenvalue weighted by molar-refractivity contribution is 6.04. The third kappa shape index (κ3) is 5.73. The Morgan fingerprint density at radius 3 is 2.30 bits per heavy atom. The normalized spacial score (nSPS) is 10.2. The quantitative estimate of drug-likeness (QED) is 0.554. The van der Waals surface area contributed by atoms with Crippen molar-refractivity contribution in [3.63, 3.8) is 0 Å². The van der Waals surface area contributed by atoms with Gasteiger partial charge in [-0.15, -0.1) is 0 Å². The number of benzene rings is 1. The van der Waals surface area contributed by atoms with Gasteiger partial charge in [0.15, 0.2) is 0 Å². The molecule has 23 heavy (non-hydrogen) atoms. The predicted octanol–water partition coefficient (Wildman–Crippen LogP) is 3.30. The van der Waals surface area contributed by atoms with Crippen molar-refractivity contribution in [3.05, 3.63) is 34.9 Å². The molecule has 0 radical (unpaired) electrons. The first-order valence-corrected chi connectivity index (χ1v) is 7.72. The van der Waals surface area contributed by atoms with Crippen LogP contribution in [-0.4, -0.2) is 36.2 Å². The summed E-state index contributed by atoms with van der Waals surface area (Å²) in [5.41, 5.74) is -0.256. The summed E-state index contributed by atoms with van der Waals surface area (Å²) in [6, 6.07) is 3.78. The molecule has 6 nitrogen and oxygen atoms in total. The van der Waals surface area contributed by atoms with Crippen molar-refractivity contribution >= 4 is 17.9 Å². The predicted molar refractivity (Wildman–Crippen MR) is 83.8 cm³/mol. The Hall–Kier alpha value is -2.37. The van der Waals surface area contributed by atoms with Gasteiger partial charge in [0.25, 0.3) is 0 Å². The highest BCUT2D eigenvalue weighted by atomic mass is 16.5. The third-order valence-electron chi connectivity index (χ3n) is 3.21. The molecule has 0 aliphatic rings. The summed E-state index contributed by atoms with van der Waals surface area (Å²) in [5.74, 6) is -2.63. The van der Waals surface area contributed by atoms with Gasteiger partial charge in [-0.2, -0.15) is 0 Å². The molecule has 0 heterocycles. The number of unbranched alkanes of at least 4 members (excludes halogenated alkanes) is 3. The van der Waals surface area contributed by atoms with Crippen LogP contribution < -0.4 is 0 Å². The van der Waals surface area contributed by atoms with Crippen LogP contribution in [0.5, 0.6) is 0 Å². The first-order valence-electron chi connectivity index (χ1n) is 7.72. The Morgan fingerprint density at radius 2 is 1.70 bits per heavy atom. The number of carboxylic acids is 1. The van der Waals surface area contributed by atoms with E-state index in [0.29, 0.717) is 6.61 Å². The van der Waals surface area contributed by atoms with E-state index in [-0.39, 0.29) is 23.3 Å². The van der Waals surface area contributed by atoms with Gasteiger partial charge < -0.3 is 14.6 Å². The van der Waals surface area contributed by atoms with E-state index in [1.54, 1.807) is 6.92 Å². The van der Waals surface area contributed by atoms with Crippen LogP contribution in [-0.2, 0) is 9.47 Å². The molecule has 0 bridgehead atoms. The second kappa shape index (κ2) is 9.61. The lowest BCUT2D eigenvalue weighted by molar-refractivity contribution is 0.0489. The lowest BCUT2D eigenvalue weighted by Gasteiger charge is -2.08. The number of carboxylic acid groups (broad SMARTS) is 1. The summed E-state index contributed by atoms with van der Waals surface area (Å²) in [6.45, 7) is 4.15. The summed E-state index contributed by atoms with van der Waals surface area (Å²) in [4.78, 5) is 34.9. The number of carbonyl (C=O) groups excluding carboxylic acids is 2. The van der Waals surface area contributed by atoms with E-state index in [1.807, 2.05) is 0 Å². The summed E-state index contributed by atoms with van der Waals surface area (Å²) < 4.78 is 9.91. The van der Waals surface area contributed by atoms with Crippen molar-refractivity contribution < 1.29 is 29.0 Å². The van der Waals surface area contributed by atoms with E-state index >= 15 is 0 Å². The van der Waals surface area contributed by atoms with E-state index in [1.165, 1.54) is 12.1 Å². The van der Waals surface area contributed by atoms with Crippen LogP contribution in [0.4, 0.5) is 0 Å². The number of aromatic carboxylic acids is 1. The van der Waals surface area contributed by atoms with Crippen LogP contribution in [0.15, 0.2) is 18.2 Å². The summed E-state index contributed by atoms with van der Waals surface area (Å²) >= 11 is 0. The van der Waals surface area contributed by atoms with Crippen LogP contribution >= 0.6 is 0 Å². The highest BCUT2D eigenvalue weighted by Gasteiger charge is 2.20. The van der Waals surface area contributed by atoms with Gasteiger partial charge in [-0.1, -0.05) is 26.2 Å². The molecule has 1 rings (SSSR count). The van der Waals surface area contributed by atoms with E-state index in [2.05, 4.69) is 6.92 Å². The molecule has 126 valence electrons. The van der Waals surface area contributed by atoms with Gasteiger partial charge in [-0.25, -0.2) is 14.4 Å². The summed E-state index contributed by atoms with van der Waals surface area (Å²) in [6.07, 6.45) is 3.92. The summed E-state index contributed by atoms with van der Waals surface area (Å²) in [5, 5.41) is 9.20. The number of ether oxygens (including phenoxy) is 2. The lowest BCUT2D eigenvalue weighted by atomic mass is 10.0. The molecule has 0 unspecified atom stereocenters. The second-order valence-electron chi connectivity index (χ2n) is 4.98. The maximum absolute atomic E-state index is 11.9. The van der Waals surface area contributed by atoms with Crippen LogP contribution in [0.2, 0.25) is 0 Å². The van der Waals surface area contributed by atoms with E-state index < -0.39 is 17.9 Å². The van der Waals surface area contributed by atoms with E-state index in [4.69, 9.17) is 9.47 Å². The van der Waals surface area contributed by atoms with Crippen molar-refractivity contribution in [1.29, 1.82) is 0 Å². The van der Waals surface area contributed by atoms with Gasteiger partial charge in [0.2, 0.25) is 0 Å². The maximum atomic E-state index is 11.9. The molecule has 0 saturated carbocycles. The van der Waals surface area contributed by atoms with Crippen LogP contribution in [0.25, 0.3) is 0 Å². The number of esters is 2. The Labute approximate surface area is 135 Å². The molecule has 0 aromatic heterocycles. The van der Waals surface area contributed by atoms with Crippen molar-refractivity contribution in [3.8, 4) is 0 Å². The molecule has 0 spiro atoms. The molecule has 1 aromatic rings. The topological polar surface area (TPSA) is 89.9 Å². The Kier molecular flexibility index (Phi) is 7.80. The highest BCUT2D eigenvalue weighted by Crippen LogP contribution is 2.15. The van der Waals surface area contributed by atoms with Crippen molar-refractivity contribution in [2.24, 2.45) is 0 Å². The number of hydrogen-bond acceptors (Lipinski definition) is 5. The molecule has 0 aliphatic heterocycles. The molecule has 1 aromatic carbocycles. The lowest BCUT2D eigenvalue weighted by Crippen LogP contribution is -2.14. The van der Waals surface area contributed by atoms with Crippen molar-refractivity contribution in [2.75, 3.05) is 13.2 Å².